The molecule has 1 aromatic heterocycles. The van der Waals surface area contributed by atoms with Gasteiger partial charge in [0, 0.05) is 11.4 Å². The van der Waals surface area contributed by atoms with E-state index >= 15 is 0 Å². The standard InChI is InChI=1S/C19H17ClN4/c20-17-8-6-15(7-9-17)10-11-19(13-21,12-18-22-14-23-24-18)16-4-2-1-3-5-16/h1-9,14H,10-12H2,(H,22,23,24). The maximum Gasteiger partial charge on any atom is 0.152 e. The van der Waals surface area contributed by atoms with Crippen LogP contribution in [0.25, 0.3) is 0 Å². The summed E-state index contributed by atoms with van der Waals surface area (Å²) in [5.41, 5.74) is 1.49. The summed E-state index contributed by atoms with van der Waals surface area (Å²) < 4.78 is 0. The summed E-state index contributed by atoms with van der Waals surface area (Å²) in [7, 11) is 0. The van der Waals surface area contributed by atoms with Crippen LogP contribution in [0, 0.1) is 11.3 Å². The molecule has 24 heavy (non-hydrogen) atoms. The molecule has 0 bridgehead atoms. The molecule has 0 saturated carbocycles. The first-order valence-electron chi connectivity index (χ1n) is 7.78. The Bertz CT molecular complexity index is 807. The molecular weight excluding hydrogens is 320 g/mol. The van der Waals surface area contributed by atoms with E-state index in [9.17, 15) is 5.26 Å². The minimum Gasteiger partial charge on any atom is -0.266 e. The second-order valence-electron chi connectivity index (χ2n) is 5.78. The van der Waals surface area contributed by atoms with Crippen molar-refractivity contribution in [1.29, 1.82) is 5.26 Å². The van der Waals surface area contributed by atoms with Crippen LogP contribution in [0.2, 0.25) is 5.02 Å². The molecule has 3 aromatic rings. The quantitative estimate of drug-likeness (QED) is 0.737. The van der Waals surface area contributed by atoms with Crippen LogP contribution in [0.5, 0.6) is 0 Å². The first-order valence-corrected chi connectivity index (χ1v) is 8.15. The first-order chi connectivity index (χ1) is 11.7. The summed E-state index contributed by atoms with van der Waals surface area (Å²) in [6.45, 7) is 0. The summed E-state index contributed by atoms with van der Waals surface area (Å²) in [4.78, 5) is 4.21. The van der Waals surface area contributed by atoms with Crippen LogP contribution in [0.1, 0.15) is 23.4 Å². The predicted octanol–water partition coefficient (Wildman–Crippen LogP) is 4.09. The zero-order valence-electron chi connectivity index (χ0n) is 13.1. The van der Waals surface area contributed by atoms with E-state index in [-0.39, 0.29) is 0 Å². The summed E-state index contributed by atoms with van der Waals surface area (Å²) >= 11 is 5.95. The number of nitriles is 1. The third kappa shape index (κ3) is 3.64. The fraction of sp³-hybridized carbons (Fsp3) is 0.211. The molecule has 3 rings (SSSR count). The molecule has 0 spiro atoms. The maximum atomic E-state index is 10.0. The Labute approximate surface area is 146 Å². The third-order valence-electron chi connectivity index (χ3n) is 4.22. The molecule has 120 valence electrons. The third-order valence-corrected chi connectivity index (χ3v) is 4.47. The normalized spacial score (nSPS) is 13.2. The lowest BCUT2D eigenvalue weighted by atomic mass is 9.74. The van der Waals surface area contributed by atoms with E-state index in [0.717, 1.165) is 17.5 Å². The Balaban J connectivity index is 1.89. The van der Waals surface area contributed by atoms with Crippen LogP contribution in [-0.2, 0) is 18.3 Å². The molecule has 0 saturated heterocycles. The van der Waals surface area contributed by atoms with Gasteiger partial charge in [-0.25, -0.2) is 4.98 Å². The minimum atomic E-state index is -0.664. The zero-order valence-corrected chi connectivity index (χ0v) is 13.9. The van der Waals surface area contributed by atoms with E-state index in [1.807, 2.05) is 54.6 Å². The van der Waals surface area contributed by atoms with E-state index in [1.54, 1.807) is 6.33 Å². The van der Waals surface area contributed by atoms with Crippen LogP contribution in [-0.4, -0.2) is 15.2 Å². The number of nitrogens with zero attached hydrogens (tertiary/aromatic N) is 3. The molecule has 1 unspecified atom stereocenters. The van der Waals surface area contributed by atoms with Gasteiger partial charge in [-0.2, -0.15) is 10.4 Å². The van der Waals surface area contributed by atoms with Gasteiger partial charge in [0.2, 0.25) is 0 Å². The Morgan fingerprint density at radius 2 is 1.83 bits per heavy atom. The van der Waals surface area contributed by atoms with Crippen LogP contribution in [0.3, 0.4) is 0 Å². The number of rotatable bonds is 6. The number of aryl methyl sites for hydroxylation is 1. The predicted molar refractivity (Wildman–Crippen MR) is 93.6 cm³/mol. The van der Waals surface area contributed by atoms with Crippen molar-refractivity contribution in [1.82, 2.24) is 15.2 Å². The van der Waals surface area contributed by atoms with Gasteiger partial charge in [-0.15, -0.1) is 0 Å². The van der Waals surface area contributed by atoms with Gasteiger partial charge in [0.15, 0.2) is 5.82 Å². The fourth-order valence-electron chi connectivity index (χ4n) is 2.85. The maximum absolute atomic E-state index is 10.0. The van der Waals surface area contributed by atoms with Gasteiger partial charge in [0.25, 0.3) is 0 Å². The van der Waals surface area contributed by atoms with Gasteiger partial charge in [-0.1, -0.05) is 54.1 Å². The SMILES string of the molecule is N#CC(CCc1ccc(Cl)cc1)(Cc1nc[nH]n1)c1ccccc1. The molecule has 2 aromatic carbocycles. The van der Waals surface area contributed by atoms with Gasteiger partial charge in [-0.3, -0.25) is 5.10 Å². The van der Waals surface area contributed by atoms with Gasteiger partial charge in [0.05, 0.1) is 11.5 Å². The van der Waals surface area contributed by atoms with E-state index < -0.39 is 5.41 Å². The lowest BCUT2D eigenvalue weighted by Crippen LogP contribution is -2.28. The van der Waals surface area contributed by atoms with Crippen molar-refractivity contribution >= 4 is 11.6 Å². The number of H-pyrrole nitrogens is 1. The highest BCUT2D eigenvalue weighted by molar-refractivity contribution is 6.30. The number of halogens is 1. The number of aromatic nitrogens is 3. The van der Waals surface area contributed by atoms with Crippen molar-refractivity contribution in [2.24, 2.45) is 0 Å². The van der Waals surface area contributed by atoms with Crippen molar-refractivity contribution < 1.29 is 0 Å². The van der Waals surface area contributed by atoms with Crippen LogP contribution in [0.4, 0.5) is 0 Å². The molecule has 1 N–H and O–H groups in total. The Morgan fingerprint density at radius 3 is 2.46 bits per heavy atom. The molecule has 4 nitrogen and oxygen atoms in total. The summed E-state index contributed by atoms with van der Waals surface area (Å²) in [5, 5.41) is 17.6. The molecule has 0 fully saturated rings. The number of hydrogen-bond donors (Lipinski definition) is 1. The molecular formula is C19H17ClN4. The average molecular weight is 337 g/mol. The molecule has 0 aliphatic rings. The van der Waals surface area contributed by atoms with Crippen molar-refractivity contribution in [3.63, 3.8) is 0 Å². The van der Waals surface area contributed by atoms with Crippen molar-refractivity contribution in [3.05, 3.63) is 82.9 Å². The fourth-order valence-corrected chi connectivity index (χ4v) is 2.98. The largest absolute Gasteiger partial charge is 0.266 e. The Morgan fingerprint density at radius 1 is 1.08 bits per heavy atom. The Kier molecular flexibility index (Phi) is 4.93. The zero-order chi connectivity index (χ0) is 16.8. The van der Waals surface area contributed by atoms with Gasteiger partial charge < -0.3 is 0 Å². The average Bonchev–Trinajstić information content (AvgIpc) is 3.14. The van der Waals surface area contributed by atoms with Crippen molar-refractivity contribution in [3.8, 4) is 6.07 Å². The molecule has 5 heteroatoms. The van der Waals surface area contributed by atoms with Gasteiger partial charge in [0.1, 0.15) is 6.33 Å². The highest BCUT2D eigenvalue weighted by atomic mass is 35.5. The van der Waals surface area contributed by atoms with Crippen LogP contribution < -0.4 is 0 Å². The lowest BCUT2D eigenvalue weighted by molar-refractivity contribution is 0.488. The van der Waals surface area contributed by atoms with Gasteiger partial charge in [-0.05, 0) is 36.1 Å². The van der Waals surface area contributed by atoms with Crippen molar-refractivity contribution in [2.75, 3.05) is 0 Å². The monoisotopic (exact) mass is 336 g/mol. The van der Waals surface area contributed by atoms with E-state index in [0.29, 0.717) is 23.7 Å². The molecule has 1 atom stereocenters. The molecule has 0 aliphatic carbocycles. The number of benzene rings is 2. The second kappa shape index (κ2) is 7.29. The van der Waals surface area contributed by atoms with Crippen LogP contribution in [0.15, 0.2) is 60.9 Å². The molecule has 0 radical (unpaired) electrons. The van der Waals surface area contributed by atoms with Gasteiger partial charge >= 0.3 is 0 Å². The van der Waals surface area contributed by atoms with E-state index in [2.05, 4.69) is 21.3 Å². The molecule has 0 aliphatic heterocycles. The highest BCUT2D eigenvalue weighted by Crippen LogP contribution is 2.32. The summed E-state index contributed by atoms with van der Waals surface area (Å²) in [6.07, 6.45) is 3.49. The van der Waals surface area contributed by atoms with E-state index in [1.165, 1.54) is 0 Å². The van der Waals surface area contributed by atoms with Crippen molar-refractivity contribution in [2.45, 2.75) is 24.7 Å². The molecule has 1 heterocycles. The lowest BCUT2D eigenvalue weighted by Gasteiger charge is -2.26. The Hall–Kier alpha value is -2.64. The topological polar surface area (TPSA) is 65.4 Å². The molecule has 0 amide bonds. The minimum absolute atomic E-state index is 0.477. The van der Waals surface area contributed by atoms with E-state index in [4.69, 9.17) is 11.6 Å². The number of aromatic amines is 1. The first kappa shape index (κ1) is 16.2. The number of hydrogen-bond acceptors (Lipinski definition) is 3. The summed E-state index contributed by atoms with van der Waals surface area (Å²) in [5.74, 6) is 0.650. The smallest absolute Gasteiger partial charge is 0.152 e. The number of nitrogens with one attached hydrogen (secondary N) is 1. The second-order valence-corrected chi connectivity index (χ2v) is 6.21. The van der Waals surface area contributed by atoms with Crippen LogP contribution >= 0.6 is 11.6 Å². The highest BCUT2D eigenvalue weighted by Gasteiger charge is 2.33. The summed E-state index contributed by atoms with van der Waals surface area (Å²) in [6, 6.07) is 20.2.